The number of thioether (sulfide) groups is 1. The number of rotatable bonds is 13. The molecule has 3 aromatic rings. The third-order valence-electron chi connectivity index (χ3n) is 6.78. The van der Waals surface area contributed by atoms with Crippen LogP contribution in [-0.2, 0) is 19.1 Å². The summed E-state index contributed by atoms with van der Waals surface area (Å²) >= 11 is 6.85. The first-order chi connectivity index (χ1) is 22.0. The monoisotopic (exact) mass is 663 g/mol. The normalized spacial score (nSPS) is 13.7. The number of anilines is 2. The smallest absolute Gasteiger partial charge is 0.339 e. The highest BCUT2D eigenvalue weighted by Crippen LogP contribution is 2.32. The second kappa shape index (κ2) is 16.1. The maximum Gasteiger partial charge on any atom is 0.339 e. The maximum absolute atomic E-state index is 13.0. The van der Waals surface area contributed by atoms with Crippen LogP contribution < -0.4 is 15.4 Å². The number of ether oxygens (including phenoxy) is 2. The van der Waals surface area contributed by atoms with Gasteiger partial charge in [-0.15, -0.1) is 0 Å². The van der Waals surface area contributed by atoms with E-state index in [1.807, 2.05) is 31.2 Å². The van der Waals surface area contributed by atoms with Gasteiger partial charge in [-0.1, -0.05) is 69.1 Å². The average Bonchev–Trinajstić information content (AvgIpc) is 3.28. The Kier molecular flexibility index (Phi) is 12.0. The van der Waals surface area contributed by atoms with Gasteiger partial charge >= 0.3 is 5.97 Å². The molecular weight excluding hydrogens is 630 g/mol. The molecule has 0 spiro atoms. The van der Waals surface area contributed by atoms with E-state index in [2.05, 4.69) is 24.5 Å². The Hall–Kier alpha value is -4.61. The molecule has 1 aliphatic rings. The van der Waals surface area contributed by atoms with E-state index < -0.39 is 29.6 Å². The Morgan fingerprint density at radius 2 is 1.72 bits per heavy atom. The minimum atomic E-state index is -0.630. The number of imide groups is 1. The third-order valence-corrected chi connectivity index (χ3v) is 8.02. The molecule has 0 aliphatic carbocycles. The van der Waals surface area contributed by atoms with Crippen LogP contribution >= 0.6 is 23.4 Å². The Morgan fingerprint density at radius 3 is 2.43 bits per heavy atom. The number of para-hydroxylation sites is 1. The first kappa shape index (κ1) is 34.3. The SMILES string of the molecule is CCCCOC(=O)c1cc(NC(=O)CN2C(=O)S/C(=C/c3ccc(OCC(=O)Nc4ccccc4C(C)C)cc3)C2=O)ccc1Cl. The average molecular weight is 664 g/mol. The Balaban J connectivity index is 1.31. The molecule has 1 fully saturated rings. The van der Waals surface area contributed by atoms with Crippen LogP contribution in [0.25, 0.3) is 6.08 Å². The van der Waals surface area contributed by atoms with Gasteiger partial charge in [0.1, 0.15) is 12.3 Å². The van der Waals surface area contributed by atoms with Crippen LogP contribution in [0.5, 0.6) is 5.75 Å². The molecule has 3 aromatic carbocycles. The number of unbranched alkanes of at least 4 members (excludes halogenated alkanes) is 1. The lowest BCUT2D eigenvalue weighted by Gasteiger charge is -2.14. The molecule has 1 saturated heterocycles. The summed E-state index contributed by atoms with van der Waals surface area (Å²) in [5, 5.41) is 5.05. The summed E-state index contributed by atoms with van der Waals surface area (Å²) < 4.78 is 10.8. The number of hydrogen-bond donors (Lipinski definition) is 2. The summed E-state index contributed by atoms with van der Waals surface area (Å²) in [5.74, 6) is -1.45. The molecule has 10 nitrogen and oxygen atoms in total. The molecular formula is C34H34ClN3O7S. The van der Waals surface area contributed by atoms with Crippen molar-refractivity contribution >= 4 is 69.7 Å². The maximum atomic E-state index is 13.0. The molecule has 4 amide bonds. The summed E-state index contributed by atoms with van der Waals surface area (Å²) in [6.45, 7) is 5.62. The zero-order valence-corrected chi connectivity index (χ0v) is 27.2. The number of amides is 4. The first-order valence-corrected chi connectivity index (χ1v) is 15.9. The van der Waals surface area contributed by atoms with Gasteiger partial charge in [-0.05, 0) is 77.7 Å². The number of nitrogens with zero attached hydrogens (tertiary/aromatic N) is 1. The lowest BCUT2D eigenvalue weighted by molar-refractivity contribution is -0.127. The van der Waals surface area contributed by atoms with Crippen molar-refractivity contribution in [3.8, 4) is 5.75 Å². The quantitative estimate of drug-likeness (QED) is 0.112. The van der Waals surface area contributed by atoms with Crippen LogP contribution in [0, 0.1) is 0 Å². The molecule has 2 N–H and O–H groups in total. The van der Waals surface area contributed by atoms with Crippen molar-refractivity contribution in [3.63, 3.8) is 0 Å². The summed E-state index contributed by atoms with van der Waals surface area (Å²) in [6.07, 6.45) is 3.11. The van der Waals surface area contributed by atoms with E-state index in [0.717, 1.165) is 34.3 Å². The van der Waals surface area contributed by atoms with Gasteiger partial charge in [0, 0.05) is 11.4 Å². The molecule has 1 aliphatic heterocycles. The Bertz CT molecular complexity index is 1660. The summed E-state index contributed by atoms with van der Waals surface area (Å²) in [6, 6.07) is 18.6. The van der Waals surface area contributed by atoms with Gasteiger partial charge in [-0.2, -0.15) is 0 Å². The molecule has 0 saturated carbocycles. The summed E-state index contributed by atoms with van der Waals surface area (Å²) in [4.78, 5) is 64.1. The summed E-state index contributed by atoms with van der Waals surface area (Å²) in [5.41, 5.74) is 2.75. The molecule has 46 heavy (non-hydrogen) atoms. The number of nitrogens with one attached hydrogen (secondary N) is 2. The molecule has 0 atom stereocenters. The second-order valence-electron chi connectivity index (χ2n) is 10.6. The van der Waals surface area contributed by atoms with Crippen molar-refractivity contribution in [2.75, 3.05) is 30.4 Å². The Morgan fingerprint density at radius 1 is 0.978 bits per heavy atom. The van der Waals surface area contributed by atoms with E-state index in [1.165, 1.54) is 24.3 Å². The summed E-state index contributed by atoms with van der Waals surface area (Å²) in [7, 11) is 0. The van der Waals surface area contributed by atoms with Gasteiger partial charge in [0.25, 0.3) is 17.1 Å². The molecule has 12 heteroatoms. The van der Waals surface area contributed by atoms with Gasteiger partial charge in [0.05, 0.1) is 22.1 Å². The number of carbonyl (C=O) groups excluding carboxylic acids is 5. The molecule has 0 aromatic heterocycles. The number of carbonyl (C=O) groups is 5. The predicted octanol–water partition coefficient (Wildman–Crippen LogP) is 7.11. The largest absolute Gasteiger partial charge is 0.484 e. The molecule has 1 heterocycles. The fraction of sp³-hybridized carbons (Fsp3) is 0.265. The second-order valence-corrected chi connectivity index (χ2v) is 12.0. The number of halogens is 1. The minimum Gasteiger partial charge on any atom is -0.484 e. The highest BCUT2D eigenvalue weighted by atomic mass is 35.5. The highest BCUT2D eigenvalue weighted by molar-refractivity contribution is 8.18. The zero-order chi connectivity index (χ0) is 33.2. The number of benzene rings is 3. The fourth-order valence-electron chi connectivity index (χ4n) is 4.39. The van der Waals surface area contributed by atoms with Crippen molar-refractivity contribution in [2.45, 2.75) is 39.5 Å². The lowest BCUT2D eigenvalue weighted by Crippen LogP contribution is -2.36. The van der Waals surface area contributed by atoms with Crippen molar-refractivity contribution in [3.05, 3.63) is 93.3 Å². The highest BCUT2D eigenvalue weighted by Gasteiger charge is 2.36. The molecule has 0 bridgehead atoms. The van der Waals surface area contributed by atoms with E-state index in [9.17, 15) is 24.0 Å². The number of esters is 1. The molecule has 4 rings (SSSR count). The van der Waals surface area contributed by atoms with Gasteiger partial charge < -0.3 is 20.1 Å². The minimum absolute atomic E-state index is 0.0942. The molecule has 0 unspecified atom stereocenters. The standard InChI is InChI=1S/C34H34ClN3O7S/c1-4-5-16-44-33(42)26-18-23(12-15-27(26)35)36-30(39)19-38-32(41)29(46-34(38)43)17-22-10-13-24(14-11-22)45-20-31(40)37-28-9-7-6-8-25(28)21(2)3/h6-15,17-18,21H,4-5,16,19-20H2,1-3H3,(H,36,39)(H,37,40)/b29-17+. The van der Waals surface area contributed by atoms with Gasteiger partial charge in [-0.3, -0.25) is 24.1 Å². The lowest BCUT2D eigenvalue weighted by atomic mass is 10.0. The van der Waals surface area contributed by atoms with E-state index in [1.54, 1.807) is 24.3 Å². The number of hydrogen-bond acceptors (Lipinski definition) is 8. The van der Waals surface area contributed by atoms with E-state index in [-0.39, 0.29) is 46.2 Å². The topological polar surface area (TPSA) is 131 Å². The van der Waals surface area contributed by atoms with Gasteiger partial charge in [-0.25, -0.2) is 4.79 Å². The van der Waals surface area contributed by atoms with Crippen molar-refractivity contribution in [2.24, 2.45) is 0 Å². The first-order valence-electron chi connectivity index (χ1n) is 14.7. The predicted molar refractivity (Wildman–Crippen MR) is 179 cm³/mol. The van der Waals surface area contributed by atoms with Gasteiger partial charge in [0.15, 0.2) is 6.61 Å². The van der Waals surface area contributed by atoms with Crippen LogP contribution in [0.15, 0.2) is 71.6 Å². The third kappa shape index (κ3) is 9.21. The molecule has 240 valence electrons. The van der Waals surface area contributed by atoms with E-state index in [0.29, 0.717) is 17.7 Å². The van der Waals surface area contributed by atoms with Crippen LogP contribution in [0.4, 0.5) is 16.2 Å². The van der Waals surface area contributed by atoms with Crippen LogP contribution in [0.3, 0.4) is 0 Å². The fourth-order valence-corrected chi connectivity index (χ4v) is 5.42. The van der Waals surface area contributed by atoms with Crippen LogP contribution in [0.1, 0.15) is 61.0 Å². The van der Waals surface area contributed by atoms with Crippen molar-refractivity contribution < 1.29 is 33.4 Å². The Labute approximate surface area is 276 Å². The van der Waals surface area contributed by atoms with Crippen molar-refractivity contribution in [1.82, 2.24) is 4.90 Å². The van der Waals surface area contributed by atoms with Crippen LogP contribution in [-0.4, -0.2) is 53.6 Å². The molecule has 0 radical (unpaired) electrons. The van der Waals surface area contributed by atoms with E-state index >= 15 is 0 Å². The zero-order valence-electron chi connectivity index (χ0n) is 25.6. The van der Waals surface area contributed by atoms with Gasteiger partial charge in [0.2, 0.25) is 5.91 Å². The van der Waals surface area contributed by atoms with Crippen LogP contribution in [0.2, 0.25) is 5.02 Å². The van der Waals surface area contributed by atoms with Crippen molar-refractivity contribution in [1.29, 1.82) is 0 Å². The van der Waals surface area contributed by atoms with E-state index in [4.69, 9.17) is 21.1 Å².